The van der Waals surface area contributed by atoms with Gasteiger partial charge in [0.25, 0.3) is 0 Å². The highest BCUT2D eigenvalue weighted by Crippen LogP contribution is 2.24. The predicted octanol–water partition coefficient (Wildman–Crippen LogP) is 3.81. The fourth-order valence-corrected chi connectivity index (χ4v) is 4.20. The van der Waals surface area contributed by atoms with Gasteiger partial charge in [0.1, 0.15) is 12.4 Å². The van der Waals surface area contributed by atoms with Crippen molar-refractivity contribution in [1.82, 2.24) is 14.9 Å². The van der Waals surface area contributed by atoms with E-state index < -0.39 is 0 Å². The Morgan fingerprint density at radius 1 is 1.14 bits per heavy atom. The van der Waals surface area contributed by atoms with Crippen LogP contribution in [0.2, 0.25) is 0 Å². The molecule has 0 aliphatic carbocycles. The summed E-state index contributed by atoms with van der Waals surface area (Å²) in [6.07, 6.45) is 9.97. The van der Waals surface area contributed by atoms with Crippen molar-refractivity contribution in [2.75, 3.05) is 25.4 Å². The summed E-state index contributed by atoms with van der Waals surface area (Å²) in [4.78, 5) is 12.4. The van der Waals surface area contributed by atoms with Crippen LogP contribution in [0.25, 0.3) is 6.08 Å². The number of anilines is 1. The number of para-hydroxylation sites is 1. The Bertz CT molecular complexity index is 913. The Morgan fingerprint density at radius 3 is 2.93 bits per heavy atom. The van der Waals surface area contributed by atoms with Crippen LogP contribution >= 0.6 is 11.3 Å². The zero-order valence-corrected chi connectivity index (χ0v) is 16.6. The molecule has 0 bridgehead atoms. The number of nitrogens with two attached hydrogens (primary N) is 1. The van der Waals surface area contributed by atoms with Crippen LogP contribution < -0.4 is 10.5 Å². The minimum atomic E-state index is 0.517. The second-order valence-electron chi connectivity index (χ2n) is 6.81. The average molecular weight is 393 g/mol. The summed E-state index contributed by atoms with van der Waals surface area (Å²) in [7, 11) is 0. The van der Waals surface area contributed by atoms with Gasteiger partial charge in [-0.1, -0.05) is 36.4 Å². The summed E-state index contributed by atoms with van der Waals surface area (Å²) < 4.78 is 6.01. The number of thiazole rings is 1. The third-order valence-corrected chi connectivity index (χ3v) is 5.80. The molecule has 0 unspecified atom stereocenters. The van der Waals surface area contributed by atoms with E-state index in [2.05, 4.69) is 33.1 Å². The Morgan fingerprint density at radius 2 is 2.04 bits per heavy atom. The number of nitrogen functional groups attached to an aromatic ring is 1. The Labute approximate surface area is 169 Å². The molecule has 0 amide bonds. The number of aromatic nitrogens is 2. The summed E-state index contributed by atoms with van der Waals surface area (Å²) in [6.45, 7) is 3.49. The lowest BCUT2D eigenvalue weighted by Crippen LogP contribution is -2.26. The van der Waals surface area contributed by atoms with Gasteiger partial charge in [0, 0.05) is 54.5 Å². The van der Waals surface area contributed by atoms with Crippen molar-refractivity contribution < 1.29 is 4.74 Å². The number of benzene rings is 1. The van der Waals surface area contributed by atoms with Crippen LogP contribution in [-0.2, 0) is 19.4 Å². The molecular weight excluding hydrogens is 368 g/mol. The molecule has 28 heavy (non-hydrogen) atoms. The van der Waals surface area contributed by atoms with Gasteiger partial charge in [0.05, 0.1) is 5.69 Å². The maximum atomic E-state index is 6.01. The maximum absolute atomic E-state index is 6.01. The highest BCUT2D eigenvalue weighted by Gasteiger charge is 2.16. The number of ether oxygens (including phenoxy) is 1. The van der Waals surface area contributed by atoms with Crippen LogP contribution in [0.3, 0.4) is 0 Å². The zero-order valence-electron chi connectivity index (χ0n) is 15.8. The fraction of sp³-hybridized carbons (Fsp3) is 0.273. The molecule has 0 radical (unpaired) electrons. The molecule has 144 valence electrons. The fourth-order valence-electron chi connectivity index (χ4n) is 3.34. The van der Waals surface area contributed by atoms with Gasteiger partial charge >= 0.3 is 0 Å². The van der Waals surface area contributed by atoms with Crippen LogP contribution in [-0.4, -0.2) is 34.5 Å². The first-order valence-electron chi connectivity index (χ1n) is 9.51. The van der Waals surface area contributed by atoms with Crippen molar-refractivity contribution in [2.24, 2.45) is 0 Å². The molecule has 3 aromatic rings. The van der Waals surface area contributed by atoms with Gasteiger partial charge in [-0.2, -0.15) is 0 Å². The van der Waals surface area contributed by atoms with Crippen LogP contribution in [0.15, 0.2) is 54.9 Å². The van der Waals surface area contributed by atoms with E-state index in [0.717, 1.165) is 49.4 Å². The van der Waals surface area contributed by atoms with E-state index >= 15 is 0 Å². The normalized spacial score (nSPS) is 14.7. The van der Waals surface area contributed by atoms with E-state index in [9.17, 15) is 0 Å². The number of pyridine rings is 1. The van der Waals surface area contributed by atoms with Gasteiger partial charge in [-0.05, 0) is 18.6 Å². The van der Waals surface area contributed by atoms with E-state index in [1.54, 1.807) is 17.5 Å². The lowest BCUT2D eigenvalue weighted by atomic mass is 10.2. The van der Waals surface area contributed by atoms with Crippen molar-refractivity contribution in [3.63, 3.8) is 0 Å². The summed E-state index contributed by atoms with van der Waals surface area (Å²) >= 11 is 1.63. The van der Waals surface area contributed by atoms with Gasteiger partial charge in [-0.15, -0.1) is 11.3 Å². The molecule has 3 heterocycles. The van der Waals surface area contributed by atoms with Gasteiger partial charge in [-0.25, -0.2) is 4.98 Å². The standard InChI is InChI=1S/C22H24N4OS/c23-22-25-19-9-13-26(14-10-21(19)28-22)12-4-7-18-6-1-2-8-20(18)27-16-17-5-3-11-24-15-17/h1-8,11,15H,9-10,12-14,16H2,(H2,23,25)/b7-4+. The average Bonchev–Trinajstić information content (AvgIpc) is 2.98. The first-order chi connectivity index (χ1) is 13.8. The molecule has 0 atom stereocenters. The molecule has 0 fully saturated rings. The van der Waals surface area contributed by atoms with E-state index in [-0.39, 0.29) is 0 Å². The van der Waals surface area contributed by atoms with Crippen LogP contribution in [0, 0.1) is 0 Å². The molecule has 1 aliphatic heterocycles. The topological polar surface area (TPSA) is 64.3 Å². The monoisotopic (exact) mass is 392 g/mol. The van der Waals surface area contributed by atoms with E-state index in [4.69, 9.17) is 10.5 Å². The van der Waals surface area contributed by atoms with Crippen LogP contribution in [0.5, 0.6) is 5.75 Å². The smallest absolute Gasteiger partial charge is 0.180 e. The molecule has 0 saturated carbocycles. The number of hydrogen-bond acceptors (Lipinski definition) is 6. The summed E-state index contributed by atoms with van der Waals surface area (Å²) in [5.41, 5.74) is 9.17. The number of nitrogens with zero attached hydrogens (tertiary/aromatic N) is 3. The molecule has 0 saturated heterocycles. The van der Waals surface area contributed by atoms with E-state index in [0.29, 0.717) is 11.7 Å². The minimum Gasteiger partial charge on any atom is -0.488 e. The Hall–Kier alpha value is -2.70. The first kappa shape index (κ1) is 18.7. The molecule has 5 nitrogen and oxygen atoms in total. The molecule has 1 aliphatic rings. The van der Waals surface area contributed by atoms with Gasteiger partial charge < -0.3 is 10.5 Å². The van der Waals surface area contributed by atoms with Gasteiger partial charge in [0.2, 0.25) is 0 Å². The van der Waals surface area contributed by atoms with Crippen molar-refractivity contribution >= 4 is 22.5 Å². The van der Waals surface area contributed by atoms with Crippen molar-refractivity contribution in [3.05, 3.63) is 76.6 Å². The lowest BCUT2D eigenvalue weighted by molar-refractivity contribution is 0.305. The Kier molecular flexibility index (Phi) is 5.99. The minimum absolute atomic E-state index is 0.517. The highest BCUT2D eigenvalue weighted by atomic mass is 32.1. The molecule has 4 rings (SSSR count). The summed E-state index contributed by atoms with van der Waals surface area (Å²) in [6, 6.07) is 12.1. The van der Waals surface area contributed by atoms with Crippen molar-refractivity contribution in [2.45, 2.75) is 19.4 Å². The molecule has 6 heteroatoms. The third-order valence-electron chi connectivity index (χ3n) is 4.81. The molecule has 2 aromatic heterocycles. The molecule has 1 aromatic carbocycles. The Balaban J connectivity index is 1.34. The van der Waals surface area contributed by atoms with Gasteiger partial charge in [0.15, 0.2) is 5.13 Å². The molecule has 2 N–H and O–H groups in total. The van der Waals surface area contributed by atoms with Crippen LogP contribution in [0.4, 0.5) is 5.13 Å². The van der Waals surface area contributed by atoms with E-state index in [1.807, 2.05) is 36.5 Å². The summed E-state index contributed by atoms with van der Waals surface area (Å²) in [5.74, 6) is 0.889. The van der Waals surface area contributed by atoms with Crippen molar-refractivity contribution in [3.8, 4) is 5.75 Å². The quantitative estimate of drug-likeness (QED) is 0.691. The zero-order chi connectivity index (χ0) is 19.2. The molecular formula is C22H24N4OS. The lowest BCUT2D eigenvalue weighted by Gasteiger charge is -2.17. The van der Waals surface area contributed by atoms with E-state index in [1.165, 1.54) is 10.6 Å². The van der Waals surface area contributed by atoms with Crippen molar-refractivity contribution in [1.29, 1.82) is 0 Å². The largest absolute Gasteiger partial charge is 0.488 e. The second-order valence-corrected chi connectivity index (χ2v) is 7.93. The first-order valence-corrected chi connectivity index (χ1v) is 10.3. The highest BCUT2D eigenvalue weighted by molar-refractivity contribution is 7.15. The summed E-state index contributed by atoms with van der Waals surface area (Å²) in [5, 5.41) is 0.696. The number of rotatable bonds is 6. The predicted molar refractivity (Wildman–Crippen MR) is 114 cm³/mol. The van der Waals surface area contributed by atoms with Gasteiger partial charge in [-0.3, -0.25) is 9.88 Å². The second kappa shape index (κ2) is 8.99. The number of fused-ring (bicyclic) bond motifs is 1. The SMILES string of the molecule is Nc1nc2c(s1)CCN(C/C=C/c1ccccc1OCc1cccnc1)CC2. The third kappa shape index (κ3) is 4.77. The maximum Gasteiger partial charge on any atom is 0.180 e. The molecule has 0 spiro atoms. The number of hydrogen-bond donors (Lipinski definition) is 1. The van der Waals surface area contributed by atoms with Crippen LogP contribution in [0.1, 0.15) is 21.7 Å².